The lowest BCUT2D eigenvalue weighted by atomic mass is 10.2. The van der Waals surface area contributed by atoms with Gasteiger partial charge in [-0.05, 0) is 58.5 Å². The standard InChI is InChI=1S/C18H13BrClN3O2S2/c1-25-15-7-4-11(8-13(15)19)16(24)22-17(26)23-18-21-14(9-27-18)10-2-5-12(20)6-3-10/h2-9H,1H3,(H2,21,22,23,24,26). The van der Waals surface area contributed by atoms with Crippen molar-refractivity contribution in [3.05, 3.63) is 62.9 Å². The summed E-state index contributed by atoms with van der Waals surface area (Å²) in [5.41, 5.74) is 2.20. The van der Waals surface area contributed by atoms with Gasteiger partial charge in [-0.2, -0.15) is 0 Å². The molecule has 0 aliphatic rings. The van der Waals surface area contributed by atoms with Crippen LogP contribution in [0.2, 0.25) is 5.02 Å². The fourth-order valence-electron chi connectivity index (χ4n) is 2.20. The largest absolute Gasteiger partial charge is 0.496 e. The van der Waals surface area contributed by atoms with Crippen molar-refractivity contribution in [2.75, 3.05) is 12.4 Å². The first-order valence-corrected chi connectivity index (χ1v) is 10.1. The average molecular weight is 483 g/mol. The van der Waals surface area contributed by atoms with Crippen LogP contribution in [0.1, 0.15) is 10.4 Å². The predicted octanol–water partition coefficient (Wildman–Crippen LogP) is 5.36. The van der Waals surface area contributed by atoms with E-state index in [1.165, 1.54) is 11.3 Å². The molecule has 2 aromatic carbocycles. The fraction of sp³-hybridized carbons (Fsp3) is 0.0556. The van der Waals surface area contributed by atoms with E-state index in [9.17, 15) is 4.79 Å². The van der Waals surface area contributed by atoms with Gasteiger partial charge >= 0.3 is 0 Å². The maximum absolute atomic E-state index is 12.3. The molecule has 0 aliphatic carbocycles. The number of amides is 1. The highest BCUT2D eigenvalue weighted by molar-refractivity contribution is 9.10. The van der Waals surface area contributed by atoms with Gasteiger partial charge in [-0.3, -0.25) is 10.1 Å². The van der Waals surface area contributed by atoms with Crippen LogP contribution in [-0.2, 0) is 0 Å². The van der Waals surface area contributed by atoms with Gasteiger partial charge in [0.2, 0.25) is 0 Å². The monoisotopic (exact) mass is 481 g/mol. The molecule has 138 valence electrons. The van der Waals surface area contributed by atoms with E-state index in [-0.39, 0.29) is 11.0 Å². The quantitative estimate of drug-likeness (QED) is 0.490. The molecule has 1 aromatic heterocycles. The number of hydrogen-bond acceptors (Lipinski definition) is 5. The summed E-state index contributed by atoms with van der Waals surface area (Å²) in [6.45, 7) is 0. The van der Waals surface area contributed by atoms with Crippen LogP contribution in [0.5, 0.6) is 5.75 Å². The number of carbonyl (C=O) groups excluding carboxylic acids is 1. The van der Waals surface area contributed by atoms with Gasteiger partial charge < -0.3 is 10.1 Å². The molecule has 27 heavy (non-hydrogen) atoms. The Hall–Kier alpha value is -2.00. The van der Waals surface area contributed by atoms with Gasteiger partial charge in [-0.25, -0.2) is 4.98 Å². The van der Waals surface area contributed by atoms with E-state index in [2.05, 4.69) is 31.5 Å². The van der Waals surface area contributed by atoms with Crippen LogP contribution >= 0.6 is 51.1 Å². The topological polar surface area (TPSA) is 63.2 Å². The molecule has 9 heteroatoms. The first-order chi connectivity index (χ1) is 13.0. The molecule has 3 aromatic rings. The number of benzene rings is 2. The van der Waals surface area contributed by atoms with Crippen molar-refractivity contribution in [1.82, 2.24) is 10.3 Å². The Labute approximate surface area is 178 Å². The SMILES string of the molecule is COc1ccc(C(=O)NC(=S)Nc2nc(-c3ccc(Cl)cc3)cs2)cc1Br. The normalized spacial score (nSPS) is 10.3. The van der Waals surface area contributed by atoms with Crippen molar-refractivity contribution < 1.29 is 9.53 Å². The lowest BCUT2D eigenvalue weighted by Gasteiger charge is -2.09. The van der Waals surface area contributed by atoms with Crippen LogP contribution in [-0.4, -0.2) is 23.1 Å². The number of nitrogens with one attached hydrogen (secondary N) is 2. The van der Waals surface area contributed by atoms with E-state index < -0.39 is 0 Å². The molecule has 5 nitrogen and oxygen atoms in total. The summed E-state index contributed by atoms with van der Waals surface area (Å²) >= 11 is 15.9. The average Bonchev–Trinajstić information content (AvgIpc) is 3.10. The van der Waals surface area contributed by atoms with Crippen molar-refractivity contribution in [2.45, 2.75) is 0 Å². The van der Waals surface area contributed by atoms with Gasteiger partial charge in [-0.15, -0.1) is 11.3 Å². The first-order valence-electron chi connectivity index (χ1n) is 7.63. The minimum Gasteiger partial charge on any atom is -0.496 e. The van der Waals surface area contributed by atoms with Crippen LogP contribution < -0.4 is 15.4 Å². The second-order valence-electron chi connectivity index (χ2n) is 5.30. The maximum Gasteiger partial charge on any atom is 0.257 e. The minimum absolute atomic E-state index is 0.170. The van der Waals surface area contributed by atoms with Crippen LogP contribution in [0.4, 0.5) is 5.13 Å². The minimum atomic E-state index is -0.328. The molecule has 0 atom stereocenters. The summed E-state index contributed by atoms with van der Waals surface area (Å²) < 4.78 is 5.84. The molecule has 0 fully saturated rings. The van der Waals surface area contributed by atoms with Crippen LogP contribution in [0.15, 0.2) is 52.3 Å². The van der Waals surface area contributed by atoms with E-state index in [4.69, 9.17) is 28.6 Å². The molecule has 0 bridgehead atoms. The smallest absolute Gasteiger partial charge is 0.257 e. The third-order valence-electron chi connectivity index (χ3n) is 3.51. The van der Waals surface area contributed by atoms with Crippen LogP contribution in [0, 0.1) is 0 Å². The Bertz CT molecular complexity index is 993. The van der Waals surface area contributed by atoms with Crippen molar-refractivity contribution in [3.63, 3.8) is 0 Å². The number of ether oxygens (including phenoxy) is 1. The zero-order valence-electron chi connectivity index (χ0n) is 14.0. The van der Waals surface area contributed by atoms with Gasteiger partial charge in [-0.1, -0.05) is 23.7 Å². The molecule has 3 rings (SSSR count). The third kappa shape index (κ3) is 5.04. The number of aromatic nitrogens is 1. The number of nitrogens with zero attached hydrogens (tertiary/aromatic N) is 1. The summed E-state index contributed by atoms with van der Waals surface area (Å²) in [6.07, 6.45) is 0. The molecule has 0 saturated carbocycles. The highest BCUT2D eigenvalue weighted by Crippen LogP contribution is 2.27. The molecular weight excluding hydrogens is 470 g/mol. The number of hydrogen-bond donors (Lipinski definition) is 2. The van der Waals surface area contributed by atoms with Crippen molar-refractivity contribution in [2.24, 2.45) is 0 Å². The summed E-state index contributed by atoms with van der Waals surface area (Å²) in [7, 11) is 1.56. The maximum atomic E-state index is 12.3. The Kier molecular flexibility index (Phi) is 6.43. The molecule has 0 unspecified atom stereocenters. The number of thiocarbonyl (C=S) groups is 1. The van der Waals surface area contributed by atoms with Crippen molar-refractivity contribution in [3.8, 4) is 17.0 Å². The van der Waals surface area contributed by atoms with Gasteiger partial charge in [0.25, 0.3) is 5.91 Å². The summed E-state index contributed by atoms with van der Waals surface area (Å²) in [4.78, 5) is 16.8. The number of anilines is 1. The molecule has 0 saturated heterocycles. The number of methoxy groups -OCH3 is 1. The molecule has 0 spiro atoms. The van der Waals surface area contributed by atoms with Crippen molar-refractivity contribution >= 4 is 67.2 Å². The van der Waals surface area contributed by atoms with Gasteiger partial charge in [0.1, 0.15) is 5.75 Å². The Morgan fingerprint density at radius 3 is 2.67 bits per heavy atom. The summed E-state index contributed by atoms with van der Waals surface area (Å²) in [5.74, 6) is 0.315. The second-order valence-corrected chi connectivity index (χ2v) is 7.86. The van der Waals surface area contributed by atoms with E-state index in [1.807, 2.05) is 17.5 Å². The summed E-state index contributed by atoms with van der Waals surface area (Å²) in [6, 6.07) is 12.4. The lowest BCUT2D eigenvalue weighted by Crippen LogP contribution is -2.34. The van der Waals surface area contributed by atoms with Crippen molar-refractivity contribution in [1.29, 1.82) is 0 Å². The molecule has 1 heterocycles. The molecule has 2 N–H and O–H groups in total. The van der Waals surface area contributed by atoms with E-state index in [0.29, 0.717) is 25.9 Å². The summed E-state index contributed by atoms with van der Waals surface area (Å²) in [5, 5.41) is 8.88. The van der Waals surface area contributed by atoms with Gasteiger partial charge in [0.15, 0.2) is 10.2 Å². The van der Waals surface area contributed by atoms with E-state index in [0.717, 1.165) is 11.3 Å². The Balaban J connectivity index is 1.63. The van der Waals surface area contributed by atoms with Crippen LogP contribution in [0.3, 0.4) is 0 Å². The Morgan fingerprint density at radius 1 is 1.26 bits per heavy atom. The predicted molar refractivity (Wildman–Crippen MR) is 117 cm³/mol. The van der Waals surface area contributed by atoms with Crippen LogP contribution in [0.25, 0.3) is 11.3 Å². The highest BCUT2D eigenvalue weighted by Gasteiger charge is 2.12. The molecule has 0 radical (unpaired) electrons. The lowest BCUT2D eigenvalue weighted by molar-refractivity contribution is 0.0977. The van der Waals surface area contributed by atoms with E-state index >= 15 is 0 Å². The number of halogens is 2. The van der Waals surface area contributed by atoms with E-state index in [1.54, 1.807) is 37.4 Å². The number of rotatable bonds is 4. The highest BCUT2D eigenvalue weighted by atomic mass is 79.9. The number of carbonyl (C=O) groups is 1. The molecular formula is C18H13BrClN3O2S2. The first kappa shape index (κ1) is 19.8. The molecule has 1 amide bonds. The van der Waals surface area contributed by atoms with Gasteiger partial charge in [0, 0.05) is 21.5 Å². The zero-order valence-corrected chi connectivity index (χ0v) is 17.9. The zero-order chi connectivity index (χ0) is 19.4. The number of thiazole rings is 1. The Morgan fingerprint density at radius 2 is 2.00 bits per heavy atom. The second kappa shape index (κ2) is 8.79. The molecule has 0 aliphatic heterocycles. The fourth-order valence-corrected chi connectivity index (χ4v) is 3.84. The third-order valence-corrected chi connectivity index (χ3v) is 5.34. The van der Waals surface area contributed by atoms with Gasteiger partial charge in [0.05, 0.1) is 17.3 Å².